The largest absolute Gasteiger partial charge is 0.497 e. The van der Waals surface area contributed by atoms with Crippen molar-refractivity contribution in [2.45, 2.75) is 6.18 Å². The van der Waals surface area contributed by atoms with E-state index in [1.165, 1.54) is 44.6 Å². The van der Waals surface area contributed by atoms with Gasteiger partial charge in [-0.2, -0.15) is 13.2 Å². The van der Waals surface area contributed by atoms with Crippen LogP contribution in [0.5, 0.6) is 11.5 Å². The summed E-state index contributed by atoms with van der Waals surface area (Å²) in [6.45, 7) is -1.47. The maximum absolute atomic E-state index is 12.5. The van der Waals surface area contributed by atoms with Crippen molar-refractivity contribution in [3.8, 4) is 11.5 Å². The Kier molecular flexibility index (Phi) is 6.27. The minimum atomic E-state index is -4.54. The normalized spacial score (nSPS) is 10.9. The zero-order chi connectivity index (χ0) is 20.0. The van der Waals surface area contributed by atoms with Crippen LogP contribution in [-0.4, -0.2) is 38.8 Å². The van der Waals surface area contributed by atoms with Gasteiger partial charge in [0.05, 0.1) is 25.5 Å². The molecule has 0 atom stereocenters. The van der Waals surface area contributed by atoms with Gasteiger partial charge in [0.25, 0.3) is 11.8 Å². The minimum Gasteiger partial charge on any atom is -0.497 e. The van der Waals surface area contributed by atoms with Gasteiger partial charge in [0.2, 0.25) is 0 Å². The summed E-state index contributed by atoms with van der Waals surface area (Å²) >= 11 is 0. The quantitative estimate of drug-likeness (QED) is 0.804. The van der Waals surface area contributed by atoms with Crippen LogP contribution in [-0.2, 0) is 0 Å². The molecule has 0 unspecified atom stereocenters. The van der Waals surface area contributed by atoms with E-state index in [0.717, 1.165) is 0 Å². The Bertz CT molecular complexity index is 815. The Morgan fingerprint density at radius 3 is 2.11 bits per heavy atom. The van der Waals surface area contributed by atoms with Crippen molar-refractivity contribution < 1.29 is 32.2 Å². The number of halogens is 3. The lowest BCUT2D eigenvalue weighted by Crippen LogP contribution is -2.34. The molecule has 2 amide bonds. The van der Waals surface area contributed by atoms with Crippen molar-refractivity contribution in [1.29, 1.82) is 0 Å². The van der Waals surface area contributed by atoms with Crippen molar-refractivity contribution in [2.75, 3.05) is 26.1 Å². The number of amides is 2. The summed E-state index contributed by atoms with van der Waals surface area (Å²) in [4.78, 5) is 24.5. The number of anilines is 1. The molecular weight excluding hydrogens is 365 g/mol. The maximum Gasteiger partial charge on any atom is 0.405 e. The summed E-state index contributed by atoms with van der Waals surface area (Å²) < 4.78 is 47.1. The number of nitrogens with one attached hydrogen (secondary N) is 2. The van der Waals surface area contributed by atoms with Gasteiger partial charge in [-0.25, -0.2) is 0 Å². The highest BCUT2D eigenvalue weighted by atomic mass is 19.4. The number of rotatable bonds is 6. The molecule has 144 valence electrons. The van der Waals surface area contributed by atoms with E-state index in [1.54, 1.807) is 17.4 Å². The Morgan fingerprint density at radius 2 is 1.56 bits per heavy atom. The van der Waals surface area contributed by atoms with Crippen molar-refractivity contribution in [2.24, 2.45) is 0 Å². The second-order valence-electron chi connectivity index (χ2n) is 5.40. The topological polar surface area (TPSA) is 76.7 Å². The molecule has 0 saturated heterocycles. The lowest BCUT2D eigenvalue weighted by atomic mass is 10.1. The smallest absolute Gasteiger partial charge is 0.405 e. The lowest BCUT2D eigenvalue weighted by Gasteiger charge is -2.13. The molecule has 0 saturated carbocycles. The van der Waals surface area contributed by atoms with Crippen LogP contribution in [0.3, 0.4) is 0 Å². The monoisotopic (exact) mass is 382 g/mol. The number of hydrogen-bond donors (Lipinski definition) is 2. The van der Waals surface area contributed by atoms with E-state index in [0.29, 0.717) is 11.5 Å². The fraction of sp³-hybridized carbons (Fsp3) is 0.222. The van der Waals surface area contributed by atoms with Gasteiger partial charge in [-0.3, -0.25) is 9.59 Å². The molecule has 6 nitrogen and oxygen atoms in total. The van der Waals surface area contributed by atoms with Gasteiger partial charge in [0.15, 0.2) is 0 Å². The van der Waals surface area contributed by atoms with Gasteiger partial charge in [-0.1, -0.05) is 12.1 Å². The molecule has 0 radical (unpaired) electrons. The van der Waals surface area contributed by atoms with Crippen LogP contribution in [0, 0.1) is 0 Å². The molecule has 2 aromatic rings. The number of ether oxygens (including phenoxy) is 2. The molecule has 9 heteroatoms. The van der Waals surface area contributed by atoms with Crippen LogP contribution in [0.15, 0.2) is 42.5 Å². The van der Waals surface area contributed by atoms with Gasteiger partial charge in [0, 0.05) is 11.6 Å². The van der Waals surface area contributed by atoms with Crippen LogP contribution in [0.25, 0.3) is 0 Å². The zero-order valence-corrected chi connectivity index (χ0v) is 14.5. The zero-order valence-electron chi connectivity index (χ0n) is 14.5. The molecule has 27 heavy (non-hydrogen) atoms. The predicted octanol–water partition coefficient (Wildman–Crippen LogP) is 3.25. The number of hydrogen-bond acceptors (Lipinski definition) is 4. The number of methoxy groups -OCH3 is 2. The Morgan fingerprint density at radius 1 is 0.963 bits per heavy atom. The van der Waals surface area contributed by atoms with E-state index >= 15 is 0 Å². The van der Waals surface area contributed by atoms with E-state index in [2.05, 4.69) is 5.32 Å². The minimum absolute atomic E-state index is 0.0731. The van der Waals surface area contributed by atoms with Crippen LogP contribution in [0.2, 0.25) is 0 Å². The van der Waals surface area contributed by atoms with Crippen molar-refractivity contribution in [3.63, 3.8) is 0 Å². The predicted molar refractivity (Wildman–Crippen MR) is 92.3 cm³/mol. The van der Waals surface area contributed by atoms with E-state index in [4.69, 9.17) is 9.47 Å². The first-order valence-electron chi connectivity index (χ1n) is 7.72. The van der Waals surface area contributed by atoms with Crippen LogP contribution in [0.1, 0.15) is 20.7 Å². The second kappa shape index (κ2) is 8.43. The third kappa shape index (κ3) is 5.63. The number of alkyl halides is 3. The van der Waals surface area contributed by atoms with Crippen LogP contribution >= 0.6 is 0 Å². The third-order valence-electron chi connectivity index (χ3n) is 3.48. The van der Waals surface area contributed by atoms with E-state index in [1.807, 2.05) is 0 Å². The molecule has 0 aliphatic heterocycles. The Labute approximate surface area is 153 Å². The number of benzene rings is 2. The van der Waals surface area contributed by atoms with Gasteiger partial charge in [0.1, 0.15) is 18.0 Å². The van der Waals surface area contributed by atoms with E-state index in [-0.39, 0.29) is 16.8 Å². The standard InChI is InChI=1S/C18H17F3N2O4/c1-26-12-7-11(8-13(9-12)27-2)16(24)23-15-6-4-3-5-14(15)17(25)22-10-18(19,20)21/h3-9H,10H2,1-2H3,(H,22,25)(H,23,24). The summed E-state index contributed by atoms with van der Waals surface area (Å²) in [5.41, 5.74) is 0.172. The van der Waals surface area contributed by atoms with Crippen molar-refractivity contribution >= 4 is 17.5 Å². The molecular formula is C18H17F3N2O4. The van der Waals surface area contributed by atoms with Crippen molar-refractivity contribution in [1.82, 2.24) is 5.32 Å². The summed E-state index contributed by atoms with van der Waals surface area (Å²) in [7, 11) is 2.85. The summed E-state index contributed by atoms with van der Waals surface area (Å²) in [5.74, 6) is -0.763. The molecule has 2 rings (SSSR count). The lowest BCUT2D eigenvalue weighted by molar-refractivity contribution is -0.123. The molecule has 0 aliphatic rings. The molecule has 0 aromatic heterocycles. The van der Waals surface area contributed by atoms with Gasteiger partial charge < -0.3 is 20.1 Å². The average Bonchev–Trinajstić information content (AvgIpc) is 2.65. The molecule has 0 spiro atoms. The highest BCUT2D eigenvalue weighted by Gasteiger charge is 2.28. The molecule has 2 aromatic carbocycles. The van der Waals surface area contributed by atoms with Gasteiger partial charge >= 0.3 is 6.18 Å². The maximum atomic E-state index is 12.5. The van der Waals surface area contributed by atoms with E-state index in [9.17, 15) is 22.8 Å². The number of carbonyl (C=O) groups is 2. The number of carbonyl (C=O) groups excluding carboxylic acids is 2. The molecule has 0 aliphatic carbocycles. The first kappa shape index (κ1) is 20.1. The fourth-order valence-electron chi connectivity index (χ4n) is 2.20. The SMILES string of the molecule is COc1cc(OC)cc(C(=O)Nc2ccccc2C(=O)NCC(F)(F)F)c1. The highest BCUT2D eigenvalue weighted by molar-refractivity contribution is 6.09. The molecule has 0 fully saturated rings. The van der Waals surface area contributed by atoms with Gasteiger partial charge in [-0.15, -0.1) is 0 Å². The summed E-state index contributed by atoms with van der Waals surface area (Å²) in [6.07, 6.45) is -4.54. The fourth-order valence-corrected chi connectivity index (χ4v) is 2.20. The first-order valence-corrected chi connectivity index (χ1v) is 7.72. The van der Waals surface area contributed by atoms with Crippen LogP contribution < -0.4 is 20.1 Å². The second-order valence-corrected chi connectivity index (χ2v) is 5.40. The highest BCUT2D eigenvalue weighted by Crippen LogP contribution is 2.24. The first-order chi connectivity index (χ1) is 12.7. The Balaban J connectivity index is 2.23. The molecule has 0 bridgehead atoms. The number of para-hydroxylation sites is 1. The van der Waals surface area contributed by atoms with Crippen LogP contribution in [0.4, 0.5) is 18.9 Å². The third-order valence-corrected chi connectivity index (χ3v) is 3.48. The molecule has 2 N–H and O–H groups in total. The van der Waals surface area contributed by atoms with Crippen molar-refractivity contribution in [3.05, 3.63) is 53.6 Å². The summed E-state index contributed by atoms with van der Waals surface area (Å²) in [5, 5.41) is 4.29. The Hall–Kier alpha value is -3.23. The van der Waals surface area contributed by atoms with E-state index < -0.39 is 24.5 Å². The average molecular weight is 382 g/mol. The van der Waals surface area contributed by atoms with Gasteiger partial charge in [-0.05, 0) is 24.3 Å². The summed E-state index contributed by atoms with van der Waals surface area (Å²) in [6, 6.07) is 10.3. The molecule has 0 heterocycles.